The SMILES string of the molecule is N#Cc1cccc(OCC(O)CNCCOCC(F)F)c1. The Balaban J connectivity index is 2.11. The predicted molar refractivity (Wildman–Crippen MR) is 72.4 cm³/mol. The summed E-state index contributed by atoms with van der Waals surface area (Å²) in [5, 5.41) is 21.3. The fraction of sp³-hybridized carbons (Fsp3) is 0.500. The molecule has 2 N–H and O–H groups in total. The molecule has 1 aromatic rings. The molecule has 21 heavy (non-hydrogen) atoms. The van der Waals surface area contributed by atoms with E-state index in [0.29, 0.717) is 17.9 Å². The summed E-state index contributed by atoms with van der Waals surface area (Å²) in [6.07, 6.45) is -3.21. The van der Waals surface area contributed by atoms with Crippen LogP contribution in [0.1, 0.15) is 5.56 Å². The molecule has 0 fully saturated rings. The molecule has 1 atom stereocenters. The van der Waals surface area contributed by atoms with Crippen LogP contribution in [0.15, 0.2) is 24.3 Å². The van der Waals surface area contributed by atoms with Gasteiger partial charge in [-0.25, -0.2) is 8.78 Å². The summed E-state index contributed by atoms with van der Waals surface area (Å²) in [5.74, 6) is 0.508. The normalized spacial score (nSPS) is 12.1. The molecule has 0 radical (unpaired) electrons. The van der Waals surface area contributed by atoms with Crippen molar-refractivity contribution in [1.82, 2.24) is 5.32 Å². The minimum absolute atomic E-state index is 0.0692. The van der Waals surface area contributed by atoms with Crippen LogP contribution in [0.2, 0.25) is 0 Å². The minimum atomic E-state index is -2.46. The molecule has 1 aromatic carbocycles. The number of rotatable bonds is 10. The molecule has 0 amide bonds. The number of nitriles is 1. The van der Waals surface area contributed by atoms with Crippen LogP contribution in [0.3, 0.4) is 0 Å². The molecule has 0 spiro atoms. The second-order valence-electron chi connectivity index (χ2n) is 4.27. The molecule has 0 heterocycles. The van der Waals surface area contributed by atoms with Gasteiger partial charge in [-0.2, -0.15) is 5.26 Å². The maximum Gasteiger partial charge on any atom is 0.261 e. The molecule has 0 aromatic heterocycles. The number of aliphatic hydroxyl groups excluding tert-OH is 1. The van der Waals surface area contributed by atoms with Gasteiger partial charge in [0.15, 0.2) is 0 Å². The van der Waals surface area contributed by atoms with Gasteiger partial charge >= 0.3 is 0 Å². The van der Waals surface area contributed by atoms with Crippen molar-refractivity contribution in [2.75, 3.05) is 32.9 Å². The van der Waals surface area contributed by atoms with E-state index < -0.39 is 19.1 Å². The van der Waals surface area contributed by atoms with Crippen molar-refractivity contribution in [1.29, 1.82) is 5.26 Å². The first kappa shape index (κ1) is 17.3. The van der Waals surface area contributed by atoms with Gasteiger partial charge in [-0.15, -0.1) is 0 Å². The van der Waals surface area contributed by atoms with Crippen molar-refractivity contribution < 1.29 is 23.4 Å². The number of aliphatic hydroxyl groups is 1. The summed E-state index contributed by atoms with van der Waals surface area (Å²) in [5.41, 5.74) is 0.483. The third-order valence-electron chi connectivity index (χ3n) is 2.45. The number of nitrogens with zero attached hydrogens (tertiary/aromatic N) is 1. The molecular weight excluding hydrogens is 282 g/mol. The van der Waals surface area contributed by atoms with Gasteiger partial charge in [-0.1, -0.05) is 6.07 Å². The van der Waals surface area contributed by atoms with Gasteiger partial charge in [0.2, 0.25) is 0 Å². The lowest BCUT2D eigenvalue weighted by molar-refractivity contribution is 0.0177. The fourth-order valence-corrected chi connectivity index (χ4v) is 1.49. The average Bonchev–Trinajstić information content (AvgIpc) is 2.48. The number of benzene rings is 1. The molecule has 1 unspecified atom stereocenters. The summed E-state index contributed by atoms with van der Waals surface area (Å²) < 4.78 is 33.6. The molecular formula is C14H18F2N2O3. The van der Waals surface area contributed by atoms with Crippen molar-refractivity contribution >= 4 is 0 Å². The Morgan fingerprint density at radius 2 is 2.14 bits per heavy atom. The van der Waals surface area contributed by atoms with Crippen molar-refractivity contribution in [2.45, 2.75) is 12.5 Å². The van der Waals surface area contributed by atoms with Gasteiger partial charge in [-0.05, 0) is 18.2 Å². The summed E-state index contributed by atoms with van der Waals surface area (Å²) >= 11 is 0. The zero-order valence-corrected chi connectivity index (χ0v) is 11.5. The Hall–Kier alpha value is -1.75. The molecule has 1 rings (SSSR count). The molecule has 0 aliphatic rings. The van der Waals surface area contributed by atoms with Crippen molar-refractivity contribution in [2.24, 2.45) is 0 Å². The van der Waals surface area contributed by atoms with E-state index in [1.165, 1.54) is 0 Å². The van der Waals surface area contributed by atoms with Crippen LogP contribution >= 0.6 is 0 Å². The molecule has 0 aliphatic carbocycles. The van der Waals surface area contributed by atoms with Gasteiger partial charge in [0.1, 0.15) is 25.1 Å². The van der Waals surface area contributed by atoms with Crippen molar-refractivity contribution in [3.63, 3.8) is 0 Å². The van der Waals surface area contributed by atoms with E-state index >= 15 is 0 Å². The predicted octanol–water partition coefficient (Wildman–Crippen LogP) is 1.17. The third kappa shape index (κ3) is 8.19. The van der Waals surface area contributed by atoms with E-state index in [4.69, 9.17) is 10.00 Å². The maximum atomic E-state index is 11.8. The zero-order chi connectivity index (χ0) is 15.5. The van der Waals surface area contributed by atoms with Crippen LogP contribution in [-0.4, -0.2) is 50.5 Å². The second-order valence-corrected chi connectivity index (χ2v) is 4.27. The quantitative estimate of drug-likeness (QED) is 0.635. The van der Waals surface area contributed by atoms with Gasteiger partial charge < -0.3 is 19.9 Å². The Kier molecular flexibility index (Phi) is 8.28. The molecule has 0 bridgehead atoms. The standard InChI is InChI=1S/C14H18F2N2O3/c15-14(16)10-20-5-4-18-8-12(19)9-21-13-3-1-2-11(6-13)7-17/h1-3,6,12,14,18-19H,4-5,8-10H2. The van der Waals surface area contributed by atoms with Gasteiger partial charge in [-0.3, -0.25) is 0 Å². The first-order valence-corrected chi connectivity index (χ1v) is 6.49. The van der Waals surface area contributed by atoms with Gasteiger partial charge in [0.05, 0.1) is 18.2 Å². The first-order chi connectivity index (χ1) is 10.1. The van der Waals surface area contributed by atoms with Crippen LogP contribution in [0.5, 0.6) is 5.75 Å². The van der Waals surface area contributed by atoms with Gasteiger partial charge in [0.25, 0.3) is 6.43 Å². The number of nitrogens with one attached hydrogen (secondary N) is 1. The van der Waals surface area contributed by atoms with Gasteiger partial charge in [0, 0.05) is 13.1 Å². The largest absolute Gasteiger partial charge is 0.491 e. The molecule has 0 saturated heterocycles. The number of hydrogen-bond donors (Lipinski definition) is 2. The molecule has 0 saturated carbocycles. The van der Waals surface area contributed by atoms with Crippen LogP contribution in [0, 0.1) is 11.3 Å². The molecule has 7 heteroatoms. The lowest BCUT2D eigenvalue weighted by atomic mass is 10.2. The van der Waals surface area contributed by atoms with Crippen molar-refractivity contribution in [3.05, 3.63) is 29.8 Å². The molecule has 5 nitrogen and oxygen atoms in total. The van der Waals surface area contributed by atoms with E-state index in [0.717, 1.165) is 0 Å². The Morgan fingerprint density at radius 1 is 1.33 bits per heavy atom. The summed E-state index contributed by atoms with van der Waals surface area (Å²) in [6, 6.07) is 8.62. The summed E-state index contributed by atoms with van der Waals surface area (Å²) in [7, 11) is 0. The van der Waals surface area contributed by atoms with E-state index in [1.807, 2.05) is 6.07 Å². The summed E-state index contributed by atoms with van der Waals surface area (Å²) in [4.78, 5) is 0. The van der Waals surface area contributed by atoms with E-state index in [-0.39, 0.29) is 19.8 Å². The van der Waals surface area contributed by atoms with Crippen LogP contribution < -0.4 is 10.1 Å². The van der Waals surface area contributed by atoms with Crippen LogP contribution in [0.25, 0.3) is 0 Å². The second kappa shape index (κ2) is 10.0. The maximum absolute atomic E-state index is 11.8. The van der Waals surface area contributed by atoms with E-state index in [2.05, 4.69) is 10.1 Å². The summed E-state index contributed by atoms with van der Waals surface area (Å²) in [6.45, 7) is 0.272. The number of alkyl halides is 2. The smallest absolute Gasteiger partial charge is 0.261 e. The topological polar surface area (TPSA) is 74.5 Å². The minimum Gasteiger partial charge on any atom is -0.491 e. The monoisotopic (exact) mass is 300 g/mol. The number of halogens is 2. The average molecular weight is 300 g/mol. The third-order valence-corrected chi connectivity index (χ3v) is 2.45. The van der Waals surface area contributed by atoms with E-state index in [1.54, 1.807) is 24.3 Å². The zero-order valence-electron chi connectivity index (χ0n) is 11.5. The highest BCUT2D eigenvalue weighted by Gasteiger charge is 2.06. The fourth-order valence-electron chi connectivity index (χ4n) is 1.49. The highest BCUT2D eigenvalue weighted by atomic mass is 19.3. The van der Waals surface area contributed by atoms with Crippen LogP contribution in [0.4, 0.5) is 8.78 Å². The lowest BCUT2D eigenvalue weighted by Gasteiger charge is -2.13. The Labute approximate surface area is 122 Å². The number of ether oxygens (including phenoxy) is 2. The lowest BCUT2D eigenvalue weighted by Crippen LogP contribution is -2.33. The molecule has 0 aliphatic heterocycles. The Morgan fingerprint density at radius 3 is 2.86 bits per heavy atom. The van der Waals surface area contributed by atoms with Crippen molar-refractivity contribution in [3.8, 4) is 11.8 Å². The highest BCUT2D eigenvalue weighted by Crippen LogP contribution is 2.12. The Bertz CT molecular complexity index is 452. The molecule has 116 valence electrons. The highest BCUT2D eigenvalue weighted by molar-refractivity contribution is 5.36. The number of hydrogen-bond acceptors (Lipinski definition) is 5. The van der Waals surface area contributed by atoms with E-state index in [9.17, 15) is 13.9 Å². The first-order valence-electron chi connectivity index (χ1n) is 6.49. The van der Waals surface area contributed by atoms with Crippen LogP contribution in [-0.2, 0) is 4.74 Å².